The number of aryl methyl sites for hydroxylation is 1. The molecule has 0 saturated carbocycles. The summed E-state index contributed by atoms with van der Waals surface area (Å²) in [5.74, 6) is 0. The number of rotatable bonds is 3. The van der Waals surface area contributed by atoms with E-state index in [9.17, 15) is 0 Å². The number of piperazine rings is 1. The summed E-state index contributed by atoms with van der Waals surface area (Å²) in [6.45, 7) is 8.81. The number of benzene rings is 1. The first-order valence-corrected chi connectivity index (χ1v) is 8.03. The Labute approximate surface area is 124 Å². The average molecular weight is 287 g/mol. The van der Waals surface area contributed by atoms with Crippen molar-refractivity contribution in [2.75, 3.05) is 24.5 Å². The Balaban J connectivity index is 1.63. The number of thiazole rings is 1. The minimum absolute atomic E-state index is 0.576. The maximum absolute atomic E-state index is 4.16. The molecule has 1 aliphatic rings. The maximum Gasteiger partial charge on any atom is 0.0794 e. The van der Waals surface area contributed by atoms with Crippen LogP contribution in [0, 0.1) is 6.92 Å². The fourth-order valence-corrected chi connectivity index (χ4v) is 3.36. The van der Waals surface area contributed by atoms with Crippen molar-refractivity contribution in [1.82, 2.24) is 9.88 Å². The lowest BCUT2D eigenvalue weighted by Crippen LogP contribution is -2.51. The summed E-state index contributed by atoms with van der Waals surface area (Å²) < 4.78 is 0. The van der Waals surface area contributed by atoms with Crippen molar-refractivity contribution in [3.63, 3.8) is 0 Å². The van der Waals surface area contributed by atoms with Crippen LogP contribution >= 0.6 is 11.3 Å². The molecular formula is C16H21N3S. The largest absolute Gasteiger partial charge is 0.369 e. The SMILES string of the molecule is Cc1ccc(N2CCN(Cc3cncs3)[C@H](C)C2)cc1. The summed E-state index contributed by atoms with van der Waals surface area (Å²) in [4.78, 5) is 10.6. The molecular weight excluding hydrogens is 266 g/mol. The summed E-state index contributed by atoms with van der Waals surface area (Å²) >= 11 is 1.75. The van der Waals surface area contributed by atoms with Gasteiger partial charge >= 0.3 is 0 Å². The third-order valence-corrected chi connectivity index (χ3v) is 4.77. The van der Waals surface area contributed by atoms with E-state index < -0.39 is 0 Å². The highest BCUT2D eigenvalue weighted by Gasteiger charge is 2.24. The van der Waals surface area contributed by atoms with Gasteiger partial charge in [-0.2, -0.15) is 0 Å². The van der Waals surface area contributed by atoms with Gasteiger partial charge < -0.3 is 4.90 Å². The molecule has 1 aromatic heterocycles. The lowest BCUT2D eigenvalue weighted by molar-refractivity contribution is 0.182. The zero-order valence-corrected chi connectivity index (χ0v) is 12.9. The molecule has 0 spiro atoms. The van der Waals surface area contributed by atoms with Gasteiger partial charge in [-0.3, -0.25) is 9.88 Å². The topological polar surface area (TPSA) is 19.4 Å². The van der Waals surface area contributed by atoms with Crippen LogP contribution in [0.25, 0.3) is 0 Å². The standard InChI is InChI=1S/C16H21N3S/c1-13-3-5-15(6-4-13)19-8-7-18(14(2)10-19)11-16-9-17-12-20-16/h3-6,9,12,14H,7-8,10-11H2,1-2H3/t14-/m1/s1. The summed E-state index contributed by atoms with van der Waals surface area (Å²) in [6, 6.07) is 9.45. The number of hydrogen-bond donors (Lipinski definition) is 0. The van der Waals surface area contributed by atoms with Crippen LogP contribution in [0.1, 0.15) is 17.4 Å². The molecule has 0 bridgehead atoms. The molecule has 3 rings (SSSR count). The highest BCUT2D eigenvalue weighted by molar-refractivity contribution is 7.09. The molecule has 1 saturated heterocycles. The van der Waals surface area contributed by atoms with Crippen LogP contribution in [0.2, 0.25) is 0 Å². The zero-order chi connectivity index (χ0) is 13.9. The molecule has 1 aromatic carbocycles. The second-order valence-corrected chi connectivity index (χ2v) is 6.54. The summed E-state index contributed by atoms with van der Waals surface area (Å²) in [7, 11) is 0. The van der Waals surface area contributed by atoms with Crippen LogP contribution in [-0.2, 0) is 6.54 Å². The van der Waals surface area contributed by atoms with E-state index in [-0.39, 0.29) is 0 Å². The molecule has 4 heteroatoms. The Bertz CT molecular complexity index is 535. The Kier molecular flexibility index (Phi) is 4.03. The molecule has 0 N–H and O–H groups in total. The van der Waals surface area contributed by atoms with E-state index in [1.54, 1.807) is 11.3 Å². The van der Waals surface area contributed by atoms with Crippen LogP contribution in [0.4, 0.5) is 5.69 Å². The molecule has 106 valence electrons. The number of nitrogens with zero attached hydrogens (tertiary/aromatic N) is 3. The fourth-order valence-electron chi connectivity index (χ4n) is 2.74. The molecule has 2 heterocycles. The van der Waals surface area contributed by atoms with Gasteiger partial charge in [0.2, 0.25) is 0 Å². The molecule has 2 aromatic rings. The lowest BCUT2D eigenvalue weighted by atomic mass is 10.1. The predicted octanol–water partition coefficient (Wildman–Crippen LogP) is 3.16. The number of hydrogen-bond acceptors (Lipinski definition) is 4. The lowest BCUT2D eigenvalue weighted by Gasteiger charge is -2.40. The van der Waals surface area contributed by atoms with E-state index in [1.165, 1.54) is 16.1 Å². The first-order chi connectivity index (χ1) is 9.72. The number of anilines is 1. The molecule has 1 atom stereocenters. The van der Waals surface area contributed by atoms with E-state index >= 15 is 0 Å². The van der Waals surface area contributed by atoms with Gasteiger partial charge in [-0.1, -0.05) is 17.7 Å². The summed E-state index contributed by atoms with van der Waals surface area (Å²) in [5, 5.41) is 0. The average Bonchev–Trinajstić information content (AvgIpc) is 2.95. The zero-order valence-electron chi connectivity index (χ0n) is 12.1. The van der Waals surface area contributed by atoms with Gasteiger partial charge in [-0.25, -0.2) is 0 Å². The van der Waals surface area contributed by atoms with Gasteiger partial charge in [0.25, 0.3) is 0 Å². The minimum atomic E-state index is 0.576. The molecule has 1 fully saturated rings. The van der Waals surface area contributed by atoms with Crippen molar-refractivity contribution >= 4 is 17.0 Å². The third-order valence-electron chi connectivity index (χ3n) is 4.01. The molecule has 1 aliphatic heterocycles. The maximum atomic E-state index is 4.16. The fraction of sp³-hybridized carbons (Fsp3) is 0.438. The van der Waals surface area contributed by atoms with Gasteiger partial charge in [-0.15, -0.1) is 11.3 Å². The van der Waals surface area contributed by atoms with E-state index in [1.807, 2.05) is 11.7 Å². The monoisotopic (exact) mass is 287 g/mol. The molecule has 0 unspecified atom stereocenters. The van der Waals surface area contributed by atoms with Crippen LogP contribution in [-0.4, -0.2) is 35.6 Å². The van der Waals surface area contributed by atoms with Gasteiger partial charge in [0.05, 0.1) is 5.51 Å². The van der Waals surface area contributed by atoms with E-state index in [2.05, 4.69) is 52.9 Å². The quantitative estimate of drug-likeness (QED) is 0.864. The smallest absolute Gasteiger partial charge is 0.0794 e. The Morgan fingerprint density at radius 1 is 1.25 bits per heavy atom. The normalized spacial score (nSPS) is 20.3. The van der Waals surface area contributed by atoms with Crippen molar-refractivity contribution in [1.29, 1.82) is 0 Å². The molecule has 20 heavy (non-hydrogen) atoms. The van der Waals surface area contributed by atoms with Gasteiger partial charge in [-0.05, 0) is 26.0 Å². The van der Waals surface area contributed by atoms with Crippen LogP contribution in [0.15, 0.2) is 36.0 Å². The summed E-state index contributed by atoms with van der Waals surface area (Å²) in [5.41, 5.74) is 4.59. The van der Waals surface area contributed by atoms with E-state index in [0.717, 1.165) is 26.2 Å². The van der Waals surface area contributed by atoms with Crippen molar-refractivity contribution in [3.05, 3.63) is 46.4 Å². The highest BCUT2D eigenvalue weighted by Crippen LogP contribution is 2.21. The highest BCUT2D eigenvalue weighted by atomic mass is 32.1. The molecule has 0 aliphatic carbocycles. The van der Waals surface area contributed by atoms with Crippen LogP contribution in [0.5, 0.6) is 0 Å². The van der Waals surface area contributed by atoms with Gasteiger partial charge in [0, 0.05) is 49.0 Å². The first kappa shape index (κ1) is 13.6. The van der Waals surface area contributed by atoms with Crippen LogP contribution < -0.4 is 4.90 Å². The van der Waals surface area contributed by atoms with E-state index in [4.69, 9.17) is 0 Å². The predicted molar refractivity (Wildman–Crippen MR) is 85.4 cm³/mol. The first-order valence-electron chi connectivity index (χ1n) is 7.15. The third kappa shape index (κ3) is 3.02. The Morgan fingerprint density at radius 2 is 2.05 bits per heavy atom. The number of aromatic nitrogens is 1. The molecule has 0 radical (unpaired) electrons. The van der Waals surface area contributed by atoms with Crippen molar-refractivity contribution < 1.29 is 0 Å². The second kappa shape index (κ2) is 5.94. The minimum Gasteiger partial charge on any atom is -0.369 e. The van der Waals surface area contributed by atoms with Crippen molar-refractivity contribution in [3.8, 4) is 0 Å². The van der Waals surface area contributed by atoms with Crippen molar-refractivity contribution in [2.45, 2.75) is 26.4 Å². The van der Waals surface area contributed by atoms with Gasteiger partial charge in [0.15, 0.2) is 0 Å². The Hall–Kier alpha value is -1.39. The Morgan fingerprint density at radius 3 is 2.70 bits per heavy atom. The summed E-state index contributed by atoms with van der Waals surface area (Å²) in [6.07, 6.45) is 1.99. The molecule has 0 amide bonds. The van der Waals surface area contributed by atoms with E-state index in [0.29, 0.717) is 6.04 Å². The van der Waals surface area contributed by atoms with Crippen molar-refractivity contribution in [2.24, 2.45) is 0 Å². The van der Waals surface area contributed by atoms with Crippen LogP contribution in [0.3, 0.4) is 0 Å². The second-order valence-electron chi connectivity index (χ2n) is 5.57. The van der Waals surface area contributed by atoms with Gasteiger partial charge in [0.1, 0.15) is 0 Å². The molecule has 3 nitrogen and oxygen atoms in total.